The van der Waals surface area contributed by atoms with Gasteiger partial charge in [-0.2, -0.15) is 0 Å². The van der Waals surface area contributed by atoms with Crippen LogP contribution in [0.4, 0.5) is 10.5 Å². The van der Waals surface area contributed by atoms with Gasteiger partial charge in [0.1, 0.15) is 6.10 Å². The molecular formula is C16H16ClNO2. The number of amides is 1. The summed E-state index contributed by atoms with van der Waals surface area (Å²) >= 11 is 5.84. The van der Waals surface area contributed by atoms with Crippen molar-refractivity contribution in [3.8, 4) is 0 Å². The van der Waals surface area contributed by atoms with Crippen molar-refractivity contribution < 1.29 is 9.53 Å². The van der Waals surface area contributed by atoms with Crippen LogP contribution in [-0.2, 0) is 4.74 Å². The zero-order valence-electron chi connectivity index (χ0n) is 11.4. The number of benzene rings is 2. The van der Waals surface area contributed by atoms with E-state index in [1.807, 2.05) is 49.4 Å². The number of nitrogens with zero attached hydrogens (tertiary/aromatic N) is 1. The Labute approximate surface area is 123 Å². The number of hydrogen-bond acceptors (Lipinski definition) is 2. The van der Waals surface area contributed by atoms with Gasteiger partial charge in [-0.05, 0) is 36.8 Å². The molecule has 20 heavy (non-hydrogen) atoms. The zero-order valence-corrected chi connectivity index (χ0v) is 12.2. The lowest BCUT2D eigenvalue weighted by Crippen LogP contribution is -2.27. The largest absolute Gasteiger partial charge is 0.441 e. The molecule has 2 rings (SSSR count). The molecule has 104 valence electrons. The number of hydrogen-bond donors (Lipinski definition) is 0. The third-order valence-electron chi connectivity index (χ3n) is 3.03. The van der Waals surface area contributed by atoms with Crippen molar-refractivity contribution in [2.45, 2.75) is 13.0 Å². The first-order valence-corrected chi connectivity index (χ1v) is 6.70. The number of halogens is 1. The number of rotatable bonds is 3. The lowest BCUT2D eigenvalue weighted by atomic mass is 10.1. The summed E-state index contributed by atoms with van der Waals surface area (Å²) in [7, 11) is 1.69. The van der Waals surface area contributed by atoms with E-state index in [1.54, 1.807) is 19.2 Å². The highest BCUT2D eigenvalue weighted by atomic mass is 35.5. The Morgan fingerprint density at radius 3 is 2.30 bits per heavy atom. The van der Waals surface area contributed by atoms with Crippen LogP contribution < -0.4 is 4.90 Å². The summed E-state index contributed by atoms with van der Waals surface area (Å²) in [5, 5.41) is 0.661. The van der Waals surface area contributed by atoms with E-state index in [9.17, 15) is 4.79 Å². The maximum absolute atomic E-state index is 12.1. The lowest BCUT2D eigenvalue weighted by Gasteiger charge is -2.20. The number of carbonyl (C=O) groups is 1. The standard InChI is InChI=1S/C16H16ClNO2/c1-12(13-8-10-14(17)11-9-13)20-16(19)18(2)15-6-4-3-5-7-15/h3-12H,1-2H3/t12-/m0/s1. The summed E-state index contributed by atoms with van der Waals surface area (Å²) in [6, 6.07) is 16.6. The smallest absolute Gasteiger partial charge is 0.414 e. The maximum atomic E-state index is 12.1. The van der Waals surface area contributed by atoms with E-state index in [1.165, 1.54) is 4.90 Å². The van der Waals surface area contributed by atoms with Gasteiger partial charge in [0, 0.05) is 17.8 Å². The van der Waals surface area contributed by atoms with E-state index in [0.717, 1.165) is 11.3 Å². The number of para-hydroxylation sites is 1. The molecule has 0 unspecified atom stereocenters. The Balaban J connectivity index is 2.02. The van der Waals surface area contributed by atoms with Crippen LogP contribution in [0.1, 0.15) is 18.6 Å². The molecule has 0 N–H and O–H groups in total. The minimum absolute atomic E-state index is 0.328. The number of carbonyl (C=O) groups excluding carboxylic acids is 1. The Hall–Kier alpha value is -2.00. The fraction of sp³-hybridized carbons (Fsp3) is 0.188. The van der Waals surface area contributed by atoms with Crippen molar-refractivity contribution in [3.63, 3.8) is 0 Å². The molecule has 2 aromatic carbocycles. The van der Waals surface area contributed by atoms with Crippen LogP contribution in [0.3, 0.4) is 0 Å². The van der Waals surface area contributed by atoms with Crippen LogP contribution in [-0.4, -0.2) is 13.1 Å². The molecule has 2 aromatic rings. The molecular weight excluding hydrogens is 274 g/mol. The first kappa shape index (κ1) is 14.4. The van der Waals surface area contributed by atoms with Gasteiger partial charge in [-0.15, -0.1) is 0 Å². The molecule has 0 radical (unpaired) electrons. The molecule has 0 bridgehead atoms. The molecule has 0 fully saturated rings. The lowest BCUT2D eigenvalue weighted by molar-refractivity contribution is 0.115. The van der Waals surface area contributed by atoms with E-state index in [0.29, 0.717) is 5.02 Å². The predicted molar refractivity (Wildman–Crippen MR) is 81.2 cm³/mol. The van der Waals surface area contributed by atoms with Crippen molar-refractivity contribution in [3.05, 3.63) is 65.2 Å². The Bertz CT molecular complexity index is 569. The van der Waals surface area contributed by atoms with Gasteiger partial charge in [-0.3, -0.25) is 4.90 Å². The van der Waals surface area contributed by atoms with Crippen molar-refractivity contribution >= 4 is 23.4 Å². The molecule has 0 aliphatic heterocycles. The maximum Gasteiger partial charge on any atom is 0.414 e. The summed E-state index contributed by atoms with van der Waals surface area (Å²) in [4.78, 5) is 13.6. The quantitative estimate of drug-likeness (QED) is 0.821. The van der Waals surface area contributed by atoms with E-state index in [2.05, 4.69) is 0 Å². The third-order valence-corrected chi connectivity index (χ3v) is 3.29. The molecule has 3 nitrogen and oxygen atoms in total. The molecule has 1 atom stereocenters. The summed E-state index contributed by atoms with van der Waals surface area (Å²) in [6.07, 6.45) is -0.718. The predicted octanol–water partition coefficient (Wildman–Crippen LogP) is 4.67. The molecule has 0 spiro atoms. The van der Waals surface area contributed by atoms with Crippen molar-refractivity contribution in [1.82, 2.24) is 0 Å². The zero-order chi connectivity index (χ0) is 14.5. The second kappa shape index (κ2) is 6.44. The fourth-order valence-corrected chi connectivity index (χ4v) is 1.92. The van der Waals surface area contributed by atoms with Crippen molar-refractivity contribution in [1.29, 1.82) is 0 Å². The molecule has 0 heterocycles. The Morgan fingerprint density at radius 2 is 1.70 bits per heavy atom. The molecule has 0 saturated carbocycles. The van der Waals surface area contributed by atoms with Gasteiger partial charge >= 0.3 is 6.09 Å². The highest BCUT2D eigenvalue weighted by Gasteiger charge is 2.16. The monoisotopic (exact) mass is 289 g/mol. The minimum Gasteiger partial charge on any atom is -0.441 e. The van der Waals surface area contributed by atoms with Gasteiger partial charge in [0.15, 0.2) is 0 Å². The summed E-state index contributed by atoms with van der Waals surface area (Å²) in [5.74, 6) is 0. The molecule has 0 saturated heterocycles. The van der Waals surface area contributed by atoms with E-state index in [4.69, 9.17) is 16.3 Å². The third kappa shape index (κ3) is 3.52. The molecule has 4 heteroatoms. The van der Waals surface area contributed by atoms with Crippen LogP contribution in [0.5, 0.6) is 0 Å². The fourth-order valence-electron chi connectivity index (χ4n) is 1.79. The van der Waals surface area contributed by atoms with E-state index >= 15 is 0 Å². The van der Waals surface area contributed by atoms with E-state index < -0.39 is 6.09 Å². The van der Waals surface area contributed by atoms with Gasteiger partial charge in [-0.25, -0.2) is 4.79 Å². The first-order valence-electron chi connectivity index (χ1n) is 6.33. The van der Waals surface area contributed by atoms with Crippen molar-refractivity contribution in [2.24, 2.45) is 0 Å². The van der Waals surface area contributed by atoms with Crippen LogP contribution in [0, 0.1) is 0 Å². The second-order valence-electron chi connectivity index (χ2n) is 4.47. The average Bonchev–Trinajstić information content (AvgIpc) is 2.48. The summed E-state index contributed by atoms with van der Waals surface area (Å²) < 4.78 is 5.44. The van der Waals surface area contributed by atoms with Gasteiger partial charge in [0.2, 0.25) is 0 Å². The molecule has 1 amide bonds. The number of anilines is 1. The summed E-state index contributed by atoms with van der Waals surface area (Å²) in [5.41, 5.74) is 1.70. The highest BCUT2D eigenvalue weighted by molar-refractivity contribution is 6.30. The van der Waals surface area contributed by atoms with E-state index in [-0.39, 0.29) is 6.10 Å². The molecule has 0 aromatic heterocycles. The second-order valence-corrected chi connectivity index (χ2v) is 4.91. The SMILES string of the molecule is C[C@H](OC(=O)N(C)c1ccccc1)c1ccc(Cl)cc1. The number of ether oxygens (including phenoxy) is 1. The average molecular weight is 290 g/mol. The van der Waals surface area contributed by atoms with Gasteiger partial charge in [0.25, 0.3) is 0 Å². The van der Waals surface area contributed by atoms with Crippen LogP contribution in [0.15, 0.2) is 54.6 Å². The Morgan fingerprint density at radius 1 is 1.10 bits per heavy atom. The minimum atomic E-state index is -0.390. The topological polar surface area (TPSA) is 29.5 Å². The van der Waals surface area contributed by atoms with Crippen LogP contribution in [0.2, 0.25) is 5.02 Å². The first-order chi connectivity index (χ1) is 9.58. The van der Waals surface area contributed by atoms with Gasteiger partial charge < -0.3 is 4.74 Å². The Kier molecular flexibility index (Phi) is 4.64. The van der Waals surface area contributed by atoms with Gasteiger partial charge in [-0.1, -0.05) is 41.9 Å². The van der Waals surface area contributed by atoms with Gasteiger partial charge in [0.05, 0.1) is 0 Å². The molecule has 0 aliphatic carbocycles. The van der Waals surface area contributed by atoms with Crippen molar-refractivity contribution in [2.75, 3.05) is 11.9 Å². The molecule has 0 aliphatic rings. The highest BCUT2D eigenvalue weighted by Crippen LogP contribution is 2.21. The van der Waals surface area contributed by atoms with Crippen LogP contribution >= 0.6 is 11.6 Å². The van der Waals surface area contributed by atoms with Crippen LogP contribution in [0.25, 0.3) is 0 Å². The normalized spacial score (nSPS) is 11.8. The summed E-state index contributed by atoms with van der Waals surface area (Å²) in [6.45, 7) is 1.83.